The standard InChI is InChI=1S/C13H15FN4O2/c1-20-11-7-17-12(18-13(11)16-4-5-19)9-3-2-8(15)6-10(9)14/h2-3,6-7,19H,4-5,15H2,1H3,(H,16,17,18). The zero-order valence-electron chi connectivity index (χ0n) is 10.9. The summed E-state index contributed by atoms with van der Waals surface area (Å²) in [7, 11) is 1.48. The first kappa shape index (κ1) is 14.0. The van der Waals surface area contributed by atoms with Crippen LogP contribution in [0.1, 0.15) is 0 Å². The van der Waals surface area contributed by atoms with Gasteiger partial charge in [0, 0.05) is 12.2 Å². The lowest BCUT2D eigenvalue weighted by Gasteiger charge is -2.10. The summed E-state index contributed by atoms with van der Waals surface area (Å²) in [5.74, 6) is 0.521. The van der Waals surface area contributed by atoms with Crippen molar-refractivity contribution in [3.63, 3.8) is 0 Å². The fourth-order valence-electron chi connectivity index (χ4n) is 1.66. The fourth-order valence-corrected chi connectivity index (χ4v) is 1.66. The van der Waals surface area contributed by atoms with Crippen molar-refractivity contribution >= 4 is 11.5 Å². The Morgan fingerprint density at radius 2 is 2.25 bits per heavy atom. The van der Waals surface area contributed by atoms with E-state index >= 15 is 0 Å². The Kier molecular flexibility index (Phi) is 4.31. The van der Waals surface area contributed by atoms with Crippen LogP contribution in [-0.2, 0) is 0 Å². The second-order valence-electron chi connectivity index (χ2n) is 4.00. The lowest BCUT2D eigenvalue weighted by atomic mass is 10.2. The average molecular weight is 278 g/mol. The minimum Gasteiger partial charge on any atom is -0.491 e. The highest BCUT2D eigenvalue weighted by Crippen LogP contribution is 2.26. The molecule has 0 bridgehead atoms. The highest BCUT2D eigenvalue weighted by Gasteiger charge is 2.12. The van der Waals surface area contributed by atoms with Crippen molar-refractivity contribution in [3.8, 4) is 17.1 Å². The molecule has 0 spiro atoms. The van der Waals surface area contributed by atoms with Gasteiger partial charge in [-0.1, -0.05) is 0 Å². The summed E-state index contributed by atoms with van der Waals surface area (Å²) < 4.78 is 19.0. The molecule has 6 nitrogen and oxygen atoms in total. The van der Waals surface area contributed by atoms with E-state index in [4.69, 9.17) is 15.6 Å². The van der Waals surface area contributed by atoms with Gasteiger partial charge in [-0.2, -0.15) is 0 Å². The number of hydrogen-bond donors (Lipinski definition) is 3. The Hall–Kier alpha value is -2.41. The topological polar surface area (TPSA) is 93.3 Å². The van der Waals surface area contributed by atoms with Crippen LogP contribution in [0.2, 0.25) is 0 Å². The van der Waals surface area contributed by atoms with Crippen LogP contribution < -0.4 is 15.8 Å². The van der Waals surface area contributed by atoms with Crippen LogP contribution in [-0.4, -0.2) is 35.3 Å². The van der Waals surface area contributed by atoms with E-state index in [1.165, 1.54) is 25.4 Å². The average Bonchev–Trinajstić information content (AvgIpc) is 2.45. The molecule has 20 heavy (non-hydrogen) atoms. The SMILES string of the molecule is COc1cnc(-c2ccc(N)cc2F)nc1NCCO. The number of nitrogen functional groups attached to an aromatic ring is 1. The van der Waals surface area contributed by atoms with Gasteiger partial charge < -0.3 is 20.9 Å². The minimum atomic E-state index is -0.497. The number of nitrogens with one attached hydrogen (secondary N) is 1. The summed E-state index contributed by atoms with van der Waals surface area (Å²) in [6, 6.07) is 4.30. The van der Waals surface area contributed by atoms with Gasteiger partial charge in [-0.3, -0.25) is 0 Å². The molecule has 7 heteroatoms. The fraction of sp³-hybridized carbons (Fsp3) is 0.231. The van der Waals surface area contributed by atoms with Crippen LogP contribution in [0.25, 0.3) is 11.4 Å². The van der Waals surface area contributed by atoms with Gasteiger partial charge in [-0.25, -0.2) is 14.4 Å². The Bertz CT molecular complexity index is 607. The molecule has 0 saturated heterocycles. The number of halogens is 1. The molecule has 0 amide bonds. The molecule has 2 rings (SSSR count). The number of nitrogens with zero attached hydrogens (tertiary/aromatic N) is 2. The molecular weight excluding hydrogens is 263 g/mol. The Morgan fingerprint density at radius 1 is 1.45 bits per heavy atom. The Morgan fingerprint density at radius 3 is 2.90 bits per heavy atom. The molecule has 0 atom stereocenters. The lowest BCUT2D eigenvalue weighted by Crippen LogP contribution is -2.09. The van der Waals surface area contributed by atoms with E-state index in [1.54, 1.807) is 6.07 Å². The monoisotopic (exact) mass is 278 g/mol. The van der Waals surface area contributed by atoms with Crippen LogP contribution in [0.3, 0.4) is 0 Å². The van der Waals surface area contributed by atoms with E-state index in [1.807, 2.05) is 0 Å². The summed E-state index contributed by atoms with van der Waals surface area (Å²) in [5, 5.41) is 11.7. The predicted molar refractivity (Wildman–Crippen MR) is 74.0 cm³/mol. The molecule has 1 heterocycles. The quantitative estimate of drug-likeness (QED) is 0.713. The van der Waals surface area contributed by atoms with Gasteiger partial charge in [0.15, 0.2) is 17.4 Å². The summed E-state index contributed by atoms with van der Waals surface area (Å²) in [6.07, 6.45) is 1.44. The summed E-state index contributed by atoms with van der Waals surface area (Å²) in [5.41, 5.74) is 6.08. The number of nitrogens with two attached hydrogens (primary N) is 1. The first-order valence-corrected chi connectivity index (χ1v) is 5.97. The van der Waals surface area contributed by atoms with Crippen LogP contribution in [0.15, 0.2) is 24.4 Å². The van der Waals surface area contributed by atoms with Crippen molar-refractivity contribution in [2.45, 2.75) is 0 Å². The number of anilines is 2. The van der Waals surface area contributed by atoms with Gasteiger partial charge in [-0.05, 0) is 18.2 Å². The number of hydrogen-bond acceptors (Lipinski definition) is 6. The number of aromatic nitrogens is 2. The first-order chi connectivity index (χ1) is 9.65. The molecule has 0 saturated carbocycles. The highest BCUT2D eigenvalue weighted by atomic mass is 19.1. The molecular formula is C13H15FN4O2. The molecule has 2 aromatic rings. The number of benzene rings is 1. The molecule has 1 aromatic carbocycles. The largest absolute Gasteiger partial charge is 0.491 e. The van der Waals surface area contributed by atoms with E-state index in [0.717, 1.165) is 0 Å². The number of aliphatic hydroxyl groups is 1. The van der Waals surface area contributed by atoms with E-state index in [-0.39, 0.29) is 18.0 Å². The third-order valence-electron chi connectivity index (χ3n) is 2.61. The maximum atomic E-state index is 13.9. The normalized spacial score (nSPS) is 10.3. The summed E-state index contributed by atoms with van der Waals surface area (Å²) >= 11 is 0. The molecule has 0 radical (unpaired) electrons. The summed E-state index contributed by atoms with van der Waals surface area (Å²) in [6.45, 7) is 0.246. The molecule has 0 unspecified atom stereocenters. The third kappa shape index (κ3) is 2.94. The van der Waals surface area contributed by atoms with Gasteiger partial charge in [-0.15, -0.1) is 0 Å². The lowest BCUT2D eigenvalue weighted by molar-refractivity contribution is 0.310. The maximum Gasteiger partial charge on any atom is 0.179 e. The molecule has 0 aliphatic heterocycles. The Labute approximate surface area is 115 Å². The van der Waals surface area contributed by atoms with Gasteiger partial charge >= 0.3 is 0 Å². The van der Waals surface area contributed by atoms with E-state index in [9.17, 15) is 4.39 Å². The van der Waals surface area contributed by atoms with Crippen molar-refractivity contribution in [1.82, 2.24) is 9.97 Å². The smallest absolute Gasteiger partial charge is 0.179 e. The number of methoxy groups -OCH3 is 1. The van der Waals surface area contributed by atoms with E-state index < -0.39 is 5.82 Å². The van der Waals surface area contributed by atoms with Crippen molar-refractivity contribution < 1.29 is 14.2 Å². The Balaban J connectivity index is 2.41. The van der Waals surface area contributed by atoms with Crippen LogP contribution in [0, 0.1) is 5.82 Å². The predicted octanol–water partition coefficient (Wildman–Crippen LogP) is 1.28. The molecule has 4 N–H and O–H groups in total. The van der Waals surface area contributed by atoms with Crippen LogP contribution in [0.4, 0.5) is 15.9 Å². The van der Waals surface area contributed by atoms with Crippen molar-refractivity contribution in [2.24, 2.45) is 0 Å². The molecule has 1 aromatic heterocycles. The number of ether oxygens (including phenoxy) is 1. The van der Waals surface area contributed by atoms with Gasteiger partial charge in [0.05, 0.1) is 25.5 Å². The second kappa shape index (κ2) is 6.16. The van der Waals surface area contributed by atoms with Gasteiger partial charge in [0.2, 0.25) is 0 Å². The van der Waals surface area contributed by atoms with Crippen LogP contribution >= 0.6 is 0 Å². The number of aliphatic hydroxyl groups excluding tert-OH is 1. The third-order valence-corrected chi connectivity index (χ3v) is 2.61. The second-order valence-corrected chi connectivity index (χ2v) is 4.00. The van der Waals surface area contributed by atoms with E-state index in [0.29, 0.717) is 23.8 Å². The molecule has 0 fully saturated rings. The summed E-state index contributed by atoms with van der Waals surface area (Å²) in [4.78, 5) is 8.26. The van der Waals surface area contributed by atoms with Gasteiger partial charge in [0.1, 0.15) is 5.82 Å². The highest BCUT2D eigenvalue weighted by molar-refractivity contribution is 5.63. The number of rotatable bonds is 5. The van der Waals surface area contributed by atoms with Crippen molar-refractivity contribution in [1.29, 1.82) is 0 Å². The minimum absolute atomic E-state index is 0.0568. The zero-order chi connectivity index (χ0) is 14.5. The van der Waals surface area contributed by atoms with Crippen molar-refractivity contribution in [3.05, 3.63) is 30.2 Å². The van der Waals surface area contributed by atoms with Crippen LogP contribution in [0.5, 0.6) is 5.75 Å². The van der Waals surface area contributed by atoms with Crippen molar-refractivity contribution in [2.75, 3.05) is 31.3 Å². The van der Waals surface area contributed by atoms with Gasteiger partial charge in [0.25, 0.3) is 0 Å². The molecule has 0 aliphatic rings. The molecule has 106 valence electrons. The molecule has 0 aliphatic carbocycles. The van der Waals surface area contributed by atoms with E-state index in [2.05, 4.69) is 15.3 Å². The first-order valence-electron chi connectivity index (χ1n) is 5.97. The maximum absolute atomic E-state index is 13.9. The zero-order valence-corrected chi connectivity index (χ0v) is 10.9.